The Morgan fingerprint density at radius 3 is 2.31 bits per heavy atom. The Kier molecular flexibility index (Phi) is 6.98. The molecule has 2 aliphatic rings. The summed E-state index contributed by atoms with van der Waals surface area (Å²) in [5, 5.41) is 1.68. The molecule has 2 amide bonds. The second-order valence-electron chi connectivity index (χ2n) is 8.63. The molecular formula is C28H27BrN2O5. The Labute approximate surface area is 218 Å². The number of carbonyl (C=O) groups excluding carboxylic acids is 2. The molecule has 2 aliphatic heterocycles. The second-order valence-corrected chi connectivity index (χ2v) is 9.55. The number of ether oxygens (including phenoxy) is 2. The van der Waals surface area contributed by atoms with Gasteiger partial charge in [0.1, 0.15) is 5.92 Å². The van der Waals surface area contributed by atoms with Gasteiger partial charge in [0, 0.05) is 4.47 Å². The van der Waals surface area contributed by atoms with E-state index in [2.05, 4.69) is 15.9 Å². The van der Waals surface area contributed by atoms with Crippen LogP contribution < -0.4 is 19.4 Å². The molecule has 0 bridgehead atoms. The quantitative estimate of drug-likeness (QED) is 0.336. The lowest BCUT2D eigenvalue weighted by molar-refractivity contribution is -0.126. The molecule has 0 aromatic heterocycles. The van der Waals surface area contributed by atoms with Gasteiger partial charge in [0.25, 0.3) is 5.91 Å². The van der Waals surface area contributed by atoms with E-state index < -0.39 is 18.1 Å². The minimum absolute atomic E-state index is 0.292. The lowest BCUT2D eigenvalue weighted by atomic mass is 9.90. The molecule has 0 radical (unpaired) electrons. The van der Waals surface area contributed by atoms with Crippen molar-refractivity contribution in [2.24, 2.45) is 5.92 Å². The summed E-state index contributed by atoms with van der Waals surface area (Å²) in [5.41, 5.74) is 2.09. The molecule has 36 heavy (non-hydrogen) atoms. The van der Waals surface area contributed by atoms with Gasteiger partial charge < -0.3 is 9.47 Å². The zero-order chi connectivity index (χ0) is 25.2. The average Bonchev–Trinajstić information content (AvgIpc) is 3.40. The zero-order valence-corrected chi connectivity index (χ0v) is 21.7. The van der Waals surface area contributed by atoms with Gasteiger partial charge in [0.05, 0.1) is 30.6 Å². The number of halogens is 1. The van der Waals surface area contributed by atoms with Crippen LogP contribution in [0.3, 0.4) is 0 Å². The summed E-state index contributed by atoms with van der Waals surface area (Å²) in [6.45, 7) is 5.00. The van der Waals surface area contributed by atoms with Gasteiger partial charge in [0.2, 0.25) is 5.91 Å². The number of carbonyl (C=O) groups is 2. The van der Waals surface area contributed by atoms with Gasteiger partial charge in [0.15, 0.2) is 17.6 Å². The average molecular weight is 551 g/mol. The van der Waals surface area contributed by atoms with Gasteiger partial charge in [-0.15, -0.1) is 0 Å². The first-order chi connectivity index (χ1) is 17.5. The molecule has 0 saturated carbocycles. The molecule has 0 spiro atoms. The number of fused-ring (bicyclic) bond motifs is 1. The molecule has 5 rings (SSSR count). The van der Waals surface area contributed by atoms with Crippen LogP contribution in [0.1, 0.15) is 31.9 Å². The van der Waals surface area contributed by atoms with Crippen LogP contribution in [-0.4, -0.2) is 31.1 Å². The highest BCUT2D eigenvalue weighted by molar-refractivity contribution is 9.10. The number of para-hydroxylation sites is 1. The van der Waals surface area contributed by atoms with E-state index in [9.17, 15) is 9.59 Å². The van der Waals surface area contributed by atoms with Crippen molar-refractivity contribution in [1.29, 1.82) is 0 Å². The number of anilines is 2. The molecule has 0 aliphatic carbocycles. The van der Waals surface area contributed by atoms with E-state index in [1.54, 1.807) is 17.2 Å². The van der Waals surface area contributed by atoms with Crippen molar-refractivity contribution >= 4 is 39.1 Å². The minimum atomic E-state index is -0.932. The van der Waals surface area contributed by atoms with Crippen molar-refractivity contribution < 1.29 is 23.9 Å². The highest BCUT2D eigenvalue weighted by Crippen LogP contribution is 2.48. The summed E-state index contributed by atoms with van der Waals surface area (Å²) in [4.78, 5) is 34.7. The number of nitrogens with zero attached hydrogens (tertiary/aromatic N) is 2. The molecule has 2 fully saturated rings. The fourth-order valence-electron chi connectivity index (χ4n) is 4.71. The van der Waals surface area contributed by atoms with Crippen LogP contribution in [0.4, 0.5) is 11.4 Å². The molecule has 7 nitrogen and oxygen atoms in total. The third-order valence-electron chi connectivity index (χ3n) is 6.28. The third kappa shape index (κ3) is 4.35. The van der Waals surface area contributed by atoms with Crippen LogP contribution >= 0.6 is 15.9 Å². The molecule has 3 atom stereocenters. The van der Waals surface area contributed by atoms with E-state index in [4.69, 9.17) is 14.3 Å². The lowest BCUT2D eigenvalue weighted by Crippen LogP contribution is -2.37. The van der Waals surface area contributed by atoms with E-state index in [-0.39, 0.29) is 11.8 Å². The number of hydrogen-bond acceptors (Lipinski definition) is 6. The van der Waals surface area contributed by atoms with E-state index in [0.717, 1.165) is 22.1 Å². The topological polar surface area (TPSA) is 68.3 Å². The minimum Gasteiger partial charge on any atom is -0.490 e. The highest BCUT2D eigenvalue weighted by atomic mass is 79.9. The van der Waals surface area contributed by atoms with E-state index in [0.29, 0.717) is 30.4 Å². The summed E-state index contributed by atoms with van der Waals surface area (Å²) in [5.74, 6) is -0.141. The van der Waals surface area contributed by atoms with Crippen molar-refractivity contribution in [3.8, 4) is 11.5 Å². The van der Waals surface area contributed by atoms with E-state index >= 15 is 0 Å². The fourth-order valence-corrected chi connectivity index (χ4v) is 4.97. The van der Waals surface area contributed by atoms with Crippen LogP contribution in [0, 0.1) is 5.92 Å². The summed E-state index contributed by atoms with van der Waals surface area (Å²) in [6, 6.07) is 21.8. The zero-order valence-electron chi connectivity index (χ0n) is 20.1. The van der Waals surface area contributed by atoms with Crippen LogP contribution in [0.15, 0.2) is 77.3 Å². The molecule has 3 aromatic carbocycles. The first-order valence-electron chi connectivity index (χ1n) is 12.1. The first kappa shape index (κ1) is 24.3. The smallest absolute Gasteiger partial charge is 0.266 e. The fraction of sp³-hybridized carbons (Fsp3) is 0.286. The number of hydroxylamine groups is 1. The predicted octanol–water partition coefficient (Wildman–Crippen LogP) is 5.69. The highest BCUT2D eigenvalue weighted by Gasteiger charge is 2.60. The number of benzene rings is 3. The van der Waals surface area contributed by atoms with Crippen molar-refractivity contribution in [3.05, 3.63) is 82.8 Å². The van der Waals surface area contributed by atoms with Gasteiger partial charge >= 0.3 is 0 Å². The SMILES string of the molecule is CCCOc1ccc([C@@H]2[C@H]3C(=O)N(c4ccc(Br)cc4)C(=O)[C@H]3ON2c2ccccc2)cc1OCC. The normalized spacial score (nSPS) is 21.1. The molecule has 0 unspecified atom stereocenters. The van der Waals surface area contributed by atoms with Crippen molar-refractivity contribution in [2.75, 3.05) is 23.2 Å². The Morgan fingerprint density at radius 2 is 1.61 bits per heavy atom. The molecule has 0 N–H and O–H groups in total. The number of hydrogen-bond donors (Lipinski definition) is 0. The largest absolute Gasteiger partial charge is 0.490 e. The summed E-state index contributed by atoms with van der Waals surface area (Å²) >= 11 is 3.41. The van der Waals surface area contributed by atoms with Crippen LogP contribution in [-0.2, 0) is 14.4 Å². The monoisotopic (exact) mass is 550 g/mol. The standard InChI is InChI=1S/C28H27BrN2O5/c1-3-16-35-22-15-10-18(17-23(22)34-4-2)25-24-26(36-31(25)21-8-6-5-7-9-21)28(33)30(27(24)32)20-13-11-19(29)12-14-20/h5-15,17,24-26H,3-4,16H2,1-2H3/t24-,25-,26+/m1/s1. The Bertz CT molecular complexity index is 1250. The maximum atomic E-state index is 13.8. The maximum absolute atomic E-state index is 13.8. The second kappa shape index (κ2) is 10.3. The summed E-state index contributed by atoms with van der Waals surface area (Å²) < 4.78 is 12.6. The Hall–Kier alpha value is -3.36. The number of amides is 2. The van der Waals surface area contributed by atoms with Crippen LogP contribution in [0.25, 0.3) is 0 Å². The molecule has 8 heteroatoms. The van der Waals surface area contributed by atoms with Gasteiger partial charge in [-0.05, 0) is 67.4 Å². The van der Waals surface area contributed by atoms with Gasteiger partial charge in [-0.1, -0.05) is 47.1 Å². The number of rotatable bonds is 8. The summed E-state index contributed by atoms with van der Waals surface area (Å²) in [6.07, 6.45) is -0.0596. The molecular weight excluding hydrogens is 524 g/mol. The molecule has 3 aromatic rings. The number of imide groups is 1. The Balaban J connectivity index is 1.57. The van der Waals surface area contributed by atoms with Crippen molar-refractivity contribution in [3.63, 3.8) is 0 Å². The molecule has 2 saturated heterocycles. The van der Waals surface area contributed by atoms with E-state index in [1.165, 1.54) is 4.90 Å². The van der Waals surface area contributed by atoms with Gasteiger partial charge in [-0.2, -0.15) is 0 Å². The first-order valence-corrected chi connectivity index (χ1v) is 12.9. The Morgan fingerprint density at radius 1 is 0.861 bits per heavy atom. The maximum Gasteiger partial charge on any atom is 0.266 e. The van der Waals surface area contributed by atoms with Gasteiger partial charge in [-0.3, -0.25) is 14.4 Å². The third-order valence-corrected chi connectivity index (χ3v) is 6.81. The predicted molar refractivity (Wildman–Crippen MR) is 140 cm³/mol. The van der Waals surface area contributed by atoms with Gasteiger partial charge in [-0.25, -0.2) is 9.96 Å². The van der Waals surface area contributed by atoms with Crippen LogP contribution in [0.2, 0.25) is 0 Å². The molecule has 186 valence electrons. The van der Waals surface area contributed by atoms with E-state index in [1.807, 2.05) is 74.5 Å². The van der Waals surface area contributed by atoms with Crippen molar-refractivity contribution in [1.82, 2.24) is 0 Å². The molecule has 2 heterocycles. The lowest BCUT2D eigenvalue weighted by Gasteiger charge is -2.29. The van der Waals surface area contributed by atoms with Crippen LogP contribution in [0.5, 0.6) is 11.5 Å². The van der Waals surface area contributed by atoms with Crippen molar-refractivity contribution in [2.45, 2.75) is 32.4 Å². The summed E-state index contributed by atoms with van der Waals surface area (Å²) in [7, 11) is 0.